The average molecular weight is 381 g/mol. The second-order valence-electron chi connectivity index (χ2n) is 7.03. The highest BCUT2D eigenvalue weighted by Gasteiger charge is 2.45. The predicted molar refractivity (Wildman–Crippen MR) is 101 cm³/mol. The van der Waals surface area contributed by atoms with E-state index in [2.05, 4.69) is 10.1 Å². The van der Waals surface area contributed by atoms with E-state index in [4.69, 9.17) is 9.26 Å². The van der Waals surface area contributed by atoms with E-state index >= 15 is 0 Å². The smallest absolute Gasteiger partial charge is 0.276 e. The van der Waals surface area contributed by atoms with Crippen molar-refractivity contribution in [3.05, 3.63) is 53.7 Å². The van der Waals surface area contributed by atoms with Crippen LogP contribution in [-0.2, 0) is 0 Å². The molecule has 2 bridgehead atoms. The van der Waals surface area contributed by atoms with E-state index in [0.717, 1.165) is 30.6 Å². The van der Waals surface area contributed by atoms with Gasteiger partial charge in [-0.1, -0.05) is 17.3 Å². The van der Waals surface area contributed by atoms with Gasteiger partial charge in [-0.25, -0.2) is 4.98 Å². The van der Waals surface area contributed by atoms with Crippen molar-refractivity contribution in [2.75, 3.05) is 0 Å². The summed E-state index contributed by atoms with van der Waals surface area (Å²) in [6.07, 6.45) is 5.50. The van der Waals surface area contributed by atoms with E-state index in [9.17, 15) is 4.79 Å². The molecule has 3 aromatic heterocycles. The zero-order chi connectivity index (χ0) is 18.2. The number of piperidine rings is 1. The molecule has 0 radical (unpaired) electrons. The zero-order valence-electron chi connectivity index (χ0n) is 14.7. The molecule has 5 rings (SSSR count). The number of rotatable bonds is 4. The van der Waals surface area contributed by atoms with Gasteiger partial charge in [0.1, 0.15) is 6.10 Å². The van der Waals surface area contributed by atoms with Crippen molar-refractivity contribution in [2.24, 2.45) is 0 Å². The molecule has 2 aliphatic rings. The van der Waals surface area contributed by atoms with Crippen molar-refractivity contribution in [1.29, 1.82) is 0 Å². The summed E-state index contributed by atoms with van der Waals surface area (Å²) >= 11 is 1.57. The quantitative estimate of drug-likeness (QED) is 0.683. The van der Waals surface area contributed by atoms with Crippen LogP contribution in [0.15, 0.2) is 52.5 Å². The lowest BCUT2D eigenvalue weighted by atomic mass is 9.99. The topological polar surface area (TPSA) is 68.5 Å². The van der Waals surface area contributed by atoms with Gasteiger partial charge in [0.25, 0.3) is 5.91 Å². The van der Waals surface area contributed by atoms with Gasteiger partial charge in [0.05, 0.1) is 4.88 Å². The van der Waals surface area contributed by atoms with Crippen LogP contribution in [0.2, 0.25) is 0 Å². The maximum absolute atomic E-state index is 13.1. The second kappa shape index (κ2) is 6.81. The highest BCUT2D eigenvalue weighted by atomic mass is 32.1. The molecule has 1 amide bonds. The van der Waals surface area contributed by atoms with E-state index in [1.807, 2.05) is 40.6 Å². The summed E-state index contributed by atoms with van der Waals surface area (Å²) < 4.78 is 11.4. The number of amides is 1. The summed E-state index contributed by atoms with van der Waals surface area (Å²) in [5, 5.41) is 6.01. The summed E-state index contributed by atoms with van der Waals surface area (Å²) in [5.41, 5.74) is 0.388. The van der Waals surface area contributed by atoms with Gasteiger partial charge in [0.2, 0.25) is 5.88 Å². The van der Waals surface area contributed by atoms with Crippen molar-refractivity contribution in [2.45, 2.75) is 43.9 Å². The highest BCUT2D eigenvalue weighted by Crippen LogP contribution is 2.38. The molecule has 0 saturated carbocycles. The average Bonchev–Trinajstić information content (AvgIpc) is 3.42. The Balaban J connectivity index is 1.30. The first kappa shape index (κ1) is 16.5. The molecule has 2 atom stereocenters. The van der Waals surface area contributed by atoms with Crippen LogP contribution in [0.5, 0.6) is 5.88 Å². The number of pyridine rings is 1. The van der Waals surface area contributed by atoms with Crippen molar-refractivity contribution in [3.63, 3.8) is 0 Å². The molecule has 5 heterocycles. The normalized spacial score (nSPS) is 24.1. The largest absolute Gasteiger partial charge is 0.474 e. The molecule has 2 unspecified atom stereocenters. The van der Waals surface area contributed by atoms with Crippen LogP contribution in [0, 0.1) is 0 Å². The molecule has 138 valence electrons. The number of nitrogens with zero attached hydrogens (tertiary/aromatic N) is 3. The van der Waals surface area contributed by atoms with Crippen LogP contribution >= 0.6 is 11.3 Å². The molecular formula is C20H19N3O3S. The summed E-state index contributed by atoms with van der Waals surface area (Å²) in [6, 6.07) is 11.7. The van der Waals surface area contributed by atoms with Crippen molar-refractivity contribution in [3.8, 4) is 16.5 Å². The number of hydrogen-bond donors (Lipinski definition) is 0. The molecule has 2 aliphatic heterocycles. The summed E-state index contributed by atoms with van der Waals surface area (Å²) in [5.74, 6) is 1.26. The van der Waals surface area contributed by atoms with E-state index in [-0.39, 0.29) is 24.1 Å². The molecule has 2 saturated heterocycles. The Labute approximate surface area is 160 Å². The van der Waals surface area contributed by atoms with Gasteiger partial charge >= 0.3 is 0 Å². The van der Waals surface area contributed by atoms with Crippen LogP contribution < -0.4 is 4.74 Å². The minimum absolute atomic E-state index is 0.0367. The van der Waals surface area contributed by atoms with E-state index in [1.54, 1.807) is 23.6 Å². The molecule has 0 aliphatic carbocycles. The Morgan fingerprint density at radius 1 is 1.19 bits per heavy atom. The molecule has 7 heteroatoms. The first-order chi connectivity index (χ1) is 13.3. The van der Waals surface area contributed by atoms with E-state index < -0.39 is 0 Å². The number of thiophene rings is 1. The monoisotopic (exact) mass is 381 g/mol. The van der Waals surface area contributed by atoms with Crippen LogP contribution in [0.3, 0.4) is 0 Å². The zero-order valence-corrected chi connectivity index (χ0v) is 15.5. The fourth-order valence-corrected chi connectivity index (χ4v) is 4.86. The molecule has 0 spiro atoms. The molecule has 0 N–H and O–H groups in total. The van der Waals surface area contributed by atoms with Crippen molar-refractivity contribution >= 4 is 17.2 Å². The molecule has 0 aromatic carbocycles. The predicted octanol–water partition coefficient (Wildman–Crippen LogP) is 4.01. The third-order valence-electron chi connectivity index (χ3n) is 5.34. The van der Waals surface area contributed by atoms with Gasteiger partial charge < -0.3 is 14.2 Å². The fraction of sp³-hybridized carbons (Fsp3) is 0.350. The molecule has 2 fully saturated rings. The van der Waals surface area contributed by atoms with Crippen molar-refractivity contribution < 1.29 is 14.1 Å². The number of ether oxygens (including phenoxy) is 1. The SMILES string of the molecule is O=C(c1cc(-c2cccs2)on1)N1C2CCC1CC(Oc1ccccn1)C2. The Kier molecular flexibility index (Phi) is 4.16. The number of carbonyl (C=O) groups excluding carboxylic acids is 1. The van der Waals surface area contributed by atoms with Gasteiger partial charge in [-0.3, -0.25) is 4.79 Å². The number of fused-ring (bicyclic) bond motifs is 2. The second-order valence-corrected chi connectivity index (χ2v) is 7.98. The standard InChI is InChI=1S/C20H19N3O3S/c24-20(16-12-17(26-22-16)18-4-3-9-27-18)23-13-6-7-14(23)11-15(10-13)25-19-5-1-2-8-21-19/h1-5,8-9,12-15H,6-7,10-11H2. The minimum atomic E-state index is -0.0367. The van der Waals surface area contributed by atoms with Crippen LogP contribution in [0.25, 0.3) is 10.6 Å². The van der Waals surface area contributed by atoms with Crippen molar-refractivity contribution in [1.82, 2.24) is 15.0 Å². The number of hydrogen-bond acceptors (Lipinski definition) is 6. The maximum Gasteiger partial charge on any atom is 0.276 e. The van der Waals surface area contributed by atoms with Crippen LogP contribution in [0.4, 0.5) is 0 Å². The summed E-state index contributed by atoms with van der Waals surface area (Å²) in [4.78, 5) is 20.3. The number of aromatic nitrogens is 2. The summed E-state index contributed by atoms with van der Waals surface area (Å²) in [7, 11) is 0. The van der Waals surface area contributed by atoms with Gasteiger partial charge in [0.15, 0.2) is 11.5 Å². The highest BCUT2D eigenvalue weighted by molar-refractivity contribution is 7.13. The van der Waals surface area contributed by atoms with Crippen LogP contribution in [-0.4, -0.2) is 39.1 Å². The third-order valence-corrected chi connectivity index (χ3v) is 6.23. The Hall–Kier alpha value is -2.67. The fourth-order valence-electron chi connectivity index (χ4n) is 4.19. The van der Waals surface area contributed by atoms with E-state index in [0.29, 0.717) is 17.3 Å². The lowest BCUT2D eigenvalue weighted by Crippen LogP contribution is -2.49. The third kappa shape index (κ3) is 3.12. The first-order valence-corrected chi connectivity index (χ1v) is 10.1. The van der Waals surface area contributed by atoms with Crippen LogP contribution in [0.1, 0.15) is 36.2 Å². The van der Waals surface area contributed by atoms with Gasteiger partial charge in [0, 0.05) is 43.3 Å². The maximum atomic E-state index is 13.1. The molecule has 27 heavy (non-hydrogen) atoms. The Morgan fingerprint density at radius 2 is 2.04 bits per heavy atom. The number of carbonyl (C=O) groups is 1. The Morgan fingerprint density at radius 3 is 2.74 bits per heavy atom. The molecular weight excluding hydrogens is 362 g/mol. The lowest BCUT2D eigenvalue weighted by Gasteiger charge is -2.38. The lowest BCUT2D eigenvalue weighted by molar-refractivity contribution is 0.0340. The van der Waals surface area contributed by atoms with Gasteiger partial charge in [-0.2, -0.15) is 0 Å². The van der Waals surface area contributed by atoms with Gasteiger partial charge in [-0.15, -0.1) is 11.3 Å². The molecule has 3 aromatic rings. The van der Waals surface area contributed by atoms with Gasteiger partial charge in [-0.05, 0) is 30.4 Å². The molecule has 6 nitrogen and oxygen atoms in total. The van der Waals surface area contributed by atoms with E-state index in [1.165, 1.54) is 0 Å². The Bertz CT molecular complexity index is 911. The summed E-state index contributed by atoms with van der Waals surface area (Å²) in [6.45, 7) is 0. The first-order valence-electron chi connectivity index (χ1n) is 9.19. The minimum Gasteiger partial charge on any atom is -0.474 e.